The molecule has 18 heavy (non-hydrogen) atoms. The van der Waals surface area contributed by atoms with E-state index in [9.17, 15) is 0 Å². The minimum absolute atomic E-state index is 0.269. The Morgan fingerprint density at radius 1 is 1.44 bits per heavy atom. The van der Waals surface area contributed by atoms with Crippen LogP contribution in [0.25, 0.3) is 0 Å². The first-order chi connectivity index (χ1) is 8.70. The molecule has 0 amide bonds. The lowest BCUT2D eigenvalue weighted by Gasteiger charge is -2.26. The van der Waals surface area contributed by atoms with E-state index in [1.165, 1.54) is 19.3 Å². The number of benzene rings is 1. The average Bonchev–Trinajstić information content (AvgIpc) is 2.29. The van der Waals surface area contributed by atoms with Gasteiger partial charge in [-0.1, -0.05) is 24.9 Å². The van der Waals surface area contributed by atoms with E-state index in [4.69, 9.17) is 16.3 Å². The number of halogens is 1. The van der Waals surface area contributed by atoms with E-state index in [2.05, 4.69) is 19.2 Å². The molecule has 2 nitrogen and oxygen atoms in total. The minimum Gasteiger partial charge on any atom is -0.493 e. The summed E-state index contributed by atoms with van der Waals surface area (Å²) in [5.41, 5.74) is 1.16. The first-order valence-electron chi connectivity index (χ1n) is 6.86. The molecule has 0 bridgehead atoms. The smallest absolute Gasteiger partial charge is 0.124 e. The molecule has 0 heterocycles. The first kappa shape index (κ1) is 13.7. The molecule has 100 valence electrons. The van der Waals surface area contributed by atoms with E-state index in [0.717, 1.165) is 35.4 Å². The van der Waals surface area contributed by atoms with Gasteiger partial charge in [0, 0.05) is 16.6 Å². The largest absolute Gasteiger partial charge is 0.493 e. The molecule has 2 rings (SSSR count). The predicted molar refractivity (Wildman–Crippen MR) is 76.4 cm³/mol. The van der Waals surface area contributed by atoms with Crippen LogP contribution in [0, 0.1) is 5.92 Å². The molecule has 1 aliphatic carbocycles. The van der Waals surface area contributed by atoms with Crippen LogP contribution >= 0.6 is 11.6 Å². The minimum atomic E-state index is 0.269. The van der Waals surface area contributed by atoms with Crippen LogP contribution in [-0.2, 0) is 0 Å². The molecule has 1 N–H and O–H groups in total. The highest BCUT2D eigenvalue weighted by Gasteiger charge is 2.19. The van der Waals surface area contributed by atoms with E-state index >= 15 is 0 Å². The maximum Gasteiger partial charge on any atom is 0.124 e. The van der Waals surface area contributed by atoms with Gasteiger partial charge < -0.3 is 10.1 Å². The van der Waals surface area contributed by atoms with Crippen LogP contribution in [0.2, 0.25) is 5.02 Å². The lowest BCUT2D eigenvalue weighted by Crippen LogP contribution is -2.22. The Bertz CT molecular complexity index is 390. The van der Waals surface area contributed by atoms with Crippen LogP contribution in [0.15, 0.2) is 18.2 Å². The van der Waals surface area contributed by atoms with E-state index in [1.807, 2.05) is 18.2 Å². The zero-order valence-electron chi connectivity index (χ0n) is 11.2. The van der Waals surface area contributed by atoms with Gasteiger partial charge in [0.05, 0.1) is 6.61 Å². The number of hydrogen-bond acceptors (Lipinski definition) is 2. The Labute approximate surface area is 115 Å². The van der Waals surface area contributed by atoms with Crippen LogP contribution in [0.1, 0.15) is 44.7 Å². The topological polar surface area (TPSA) is 21.3 Å². The molecule has 1 aliphatic rings. The van der Waals surface area contributed by atoms with Gasteiger partial charge in [-0.15, -0.1) is 0 Å². The van der Waals surface area contributed by atoms with E-state index in [0.29, 0.717) is 0 Å². The molecule has 1 fully saturated rings. The van der Waals surface area contributed by atoms with Crippen molar-refractivity contribution in [1.29, 1.82) is 0 Å². The van der Waals surface area contributed by atoms with Gasteiger partial charge in [-0.25, -0.2) is 0 Å². The zero-order valence-corrected chi connectivity index (χ0v) is 12.0. The highest BCUT2D eigenvalue weighted by Crippen LogP contribution is 2.31. The summed E-state index contributed by atoms with van der Waals surface area (Å²) in [4.78, 5) is 0. The fourth-order valence-electron chi connectivity index (χ4n) is 2.27. The normalized spacial score (nSPS) is 17.3. The lowest BCUT2D eigenvalue weighted by molar-refractivity contribution is 0.178. The SMILES string of the molecule is CCNC(C)c1cc(Cl)ccc1OCC1CCC1. The van der Waals surface area contributed by atoms with Gasteiger partial charge >= 0.3 is 0 Å². The molecule has 0 aromatic heterocycles. The Kier molecular flexibility index (Phi) is 4.90. The van der Waals surface area contributed by atoms with Crippen molar-refractivity contribution in [3.8, 4) is 5.75 Å². The van der Waals surface area contributed by atoms with E-state index < -0.39 is 0 Å². The van der Waals surface area contributed by atoms with Crippen molar-refractivity contribution >= 4 is 11.6 Å². The van der Waals surface area contributed by atoms with Crippen molar-refractivity contribution in [2.45, 2.75) is 39.2 Å². The molecule has 0 aliphatic heterocycles. The third-order valence-electron chi connectivity index (χ3n) is 3.65. The van der Waals surface area contributed by atoms with Gasteiger partial charge in [-0.2, -0.15) is 0 Å². The van der Waals surface area contributed by atoms with Crippen molar-refractivity contribution < 1.29 is 4.74 Å². The molecular weight excluding hydrogens is 246 g/mol. The molecule has 1 unspecified atom stereocenters. The van der Waals surface area contributed by atoms with Crippen molar-refractivity contribution in [1.82, 2.24) is 5.32 Å². The number of ether oxygens (including phenoxy) is 1. The van der Waals surface area contributed by atoms with Crippen LogP contribution < -0.4 is 10.1 Å². The van der Waals surface area contributed by atoms with Crippen molar-refractivity contribution in [2.75, 3.05) is 13.2 Å². The maximum atomic E-state index is 6.08. The standard InChI is InChI=1S/C15H22ClNO/c1-3-17-11(2)14-9-13(16)7-8-15(14)18-10-12-5-4-6-12/h7-9,11-12,17H,3-6,10H2,1-2H3. The highest BCUT2D eigenvalue weighted by atomic mass is 35.5. The quantitative estimate of drug-likeness (QED) is 0.834. The third kappa shape index (κ3) is 3.39. The van der Waals surface area contributed by atoms with Gasteiger partial charge in [0.2, 0.25) is 0 Å². The monoisotopic (exact) mass is 267 g/mol. The number of rotatable bonds is 6. The van der Waals surface area contributed by atoms with Crippen LogP contribution in [-0.4, -0.2) is 13.2 Å². The fourth-order valence-corrected chi connectivity index (χ4v) is 2.45. The molecule has 1 saturated carbocycles. The molecule has 1 atom stereocenters. The molecule has 1 aromatic rings. The third-order valence-corrected chi connectivity index (χ3v) is 3.88. The van der Waals surface area contributed by atoms with Gasteiger partial charge in [0.1, 0.15) is 5.75 Å². The lowest BCUT2D eigenvalue weighted by atomic mass is 9.86. The fraction of sp³-hybridized carbons (Fsp3) is 0.600. The Morgan fingerprint density at radius 2 is 2.22 bits per heavy atom. The van der Waals surface area contributed by atoms with E-state index in [1.54, 1.807) is 0 Å². The van der Waals surface area contributed by atoms with Crippen LogP contribution in [0.5, 0.6) is 5.75 Å². The Morgan fingerprint density at radius 3 is 2.83 bits per heavy atom. The van der Waals surface area contributed by atoms with Gasteiger partial charge in [-0.3, -0.25) is 0 Å². The summed E-state index contributed by atoms with van der Waals surface area (Å²) < 4.78 is 5.96. The second-order valence-corrected chi connectivity index (χ2v) is 5.51. The zero-order chi connectivity index (χ0) is 13.0. The molecule has 0 radical (unpaired) electrons. The Hall–Kier alpha value is -0.730. The summed E-state index contributed by atoms with van der Waals surface area (Å²) in [7, 11) is 0. The summed E-state index contributed by atoms with van der Waals surface area (Å²) in [5.74, 6) is 1.72. The summed E-state index contributed by atoms with van der Waals surface area (Å²) in [6, 6.07) is 6.17. The molecule has 1 aromatic carbocycles. The van der Waals surface area contributed by atoms with Crippen LogP contribution in [0.4, 0.5) is 0 Å². The van der Waals surface area contributed by atoms with Gasteiger partial charge in [-0.05, 0) is 50.4 Å². The second kappa shape index (κ2) is 6.44. The molecular formula is C15H22ClNO. The molecule has 3 heteroatoms. The average molecular weight is 268 g/mol. The molecule has 0 spiro atoms. The summed E-state index contributed by atoms with van der Waals surface area (Å²) >= 11 is 6.08. The summed E-state index contributed by atoms with van der Waals surface area (Å²) in [5, 5.41) is 4.18. The predicted octanol–water partition coefficient (Wildman–Crippen LogP) is 4.19. The number of hydrogen-bond donors (Lipinski definition) is 1. The highest BCUT2D eigenvalue weighted by molar-refractivity contribution is 6.30. The van der Waals surface area contributed by atoms with Crippen molar-refractivity contribution in [3.05, 3.63) is 28.8 Å². The maximum absolute atomic E-state index is 6.08. The second-order valence-electron chi connectivity index (χ2n) is 5.07. The Balaban J connectivity index is 2.06. The van der Waals surface area contributed by atoms with Crippen molar-refractivity contribution in [2.24, 2.45) is 5.92 Å². The summed E-state index contributed by atoms with van der Waals surface area (Å²) in [6.07, 6.45) is 3.98. The van der Waals surface area contributed by atoms with Crippen LogP contribution in [0.3, 0.4) is 0 Å². The van der Waals surface area contributed by atoms with Gasteiger partial charge in [0.25, 0.3) is 0 Å². The van der Waals surface area contributed by atoms with E-state index in [-0.39, 0.29) is 6.04 Å². The molecule has 0 saturated heterocycles. The number of nitrogens with one attached hydrogen (secondary N) is 1. The first-order valence-corrected chi connectivity index (χ1v) is 7.24. The van der Waals surface area contributed by atoms with Gasteiger partial charge in [0.15, 0.2) is 0 Å². The summed E-state index contributed by atoms with van der Waals surface area (Å²) in [6.45, 7) is 6.03. The van der Waals surface area contributed by atoms with Crippen molar-refractivity contribution in [3.63, 3.8) is 0 Å².